The lowest BCUT2D eigenvalue weighted by molar-refractivity contribution is -0.142. The summed E-state index contributed by atoms with van der Waals surface area (Å²) in [6.07, 6.45) is 2.32. The molecule has 0 saturated heterocycles. The van der Waals surface area contributed by atoms with Crippen molar-refractivity contribution in [3.8, 4) is 0 Å². The standard InChI is InChI=1S/C25H39N5O6S/c1-15(2)13-19(29-22(32)17(26)11-12-37-3)23(33)30-20(14-16-7-5-4-6-8-16)24(34)28-18(25(35)36)9-10-21(27)31/h4-8,15,17-20H,9-14,26H2,1-3H3,(H2,27,31)(H,28,34)(H,29,32)(H,30,33)(H,35,36). The lowest BCUT2D eigenvalue weighted by Gasteiger charge is -2.26. The summed E-state index contributed by atoms with van der Waals surface area (Å²) in [5.41, 5.74) is 11.8. The van der Waals surface area contributed by atoms with Crippen molar-refractivity contribution >= 4 is 41.4 Å². The Labute approximate surface area is 221 Å². The minimum Gasteiger partial charge on any atom is -0.480 e. The summed E-state index contributed by atoms with van der Waals surface area (Å²) < 4.78 is 0. The highest BCUT2D eigenvalue weighted by Gasteiger charge is 2.31. The Morgan fingerprint density at radius 2 is 1.46 bits per heavy atom. The second-order valence-electron chi connectivity index (χ2n) is 9.23. The van der Waals surface area contributed by atoms with E-state index in [4.69, 9.17) is 11.5 Å². The number of nitrogens with two attached hydrogens (primary N) is 2. The third kappa shape index (κ3) is 12.6. The maximum Gasteiger partial charge on any atom is 0.326 e. The number of amides is 4. The summed E-state index contributed by atoms with van der Waals surface area (Å²) in [5, 5.41) is 17.2. The van der Waals surface area contributed by atoms with Gasteiger partial charge in [0, 0.05) is 12.8 Å². The first-order chi connectivity index (χ1) is 17.4. The van der Waals surface area contributed by atoms with Crippen molar-refractivity contribution in [1.82, 2.24) is 16.0 Å². The van der Waals surface area contributed by atoms with E-state index in [2.05, 4.69) is 16.0 Å². The Morgan fingerprint density at radius 3 is 2.00 bits per heavy atom. The number of primary amides is 1. The molecule has 8 N–H and O–H groups in total. The Bertz CT molecular complexity index is 914. The number of hydrogen-bond donors (Lipinski definition) is 6. The molecule has 0 radical (unpaired) electrons. The molecular weight excluding hydrogens is 498 g/mol. The summed E-state index contributed by atoms with van der Waals surface area (Å²) in [6.45, 7) is 3.79. The van der Waals surface area contributed by atoms with Crippen LogP contribution in [0.1, 0.15) is 45.1 Å². The number of hydrogen-bond acceptors (Lipinski definition) is 7. The second kappa shape index (κ2) is 16.6. The van der Waals surface area contributed by atoms with Gasteiger partial charge in [-0.1, -0.05) is 44.2 Å². The zero-order chi connectivity index (χ0) is 28.0. The van der Waals surface area contributed by atoms with Crippen molar-refractivity contribution in [2.24, 2.45) is 17.4 Å². The van der Waals surface area contributed by atoms with E-state index < -0.39 is 53.8 Å². The van der Waals surface area contributed by atoms with Crippen LogP contribution in [0.4, 0.5) is 0 Å². The molecule has 4 atom stereocenters. The molecule has 12 heteroatoms. The molecule has 0 aliphatic carbocycles. The van der Waals surface area contributed by atoms with Gasteiger partial charge in [-0.2, -0.15) is 11.8 Å². The summed E-state index contributed by atoms with van der Waals surface area (Å²) in [7, 11) is 0. The number of rotatable bonds is 17. The Hall–Kier alpha value is -3.12. The number of nitrogens with one attached hydrogen (secondary N) is 3. The molecule has 1 aromatic carbocycles. The normalized spacial score (nSPS) is 14.2. The van der Waals surface area contributed by atoms with Crippen LogP contribution in [0.5, 0.6) is 0 Å². The predicted octanol–water partition coefficient (Wildman–Crippen LogP) is 0.160. The van der Waals surface area contributed by atoms with Crippen LogP contribution in [0.3, 0.4) is 0 Å². The van der Waals surface area contributed by atoms with Crippen LogP contribution in [0.2, 0.25) is 0 Å². The number of aliphatic carboxylic acids is 1. The molecule has 0 heterocycles. The predicted molar refractivity (Wildman–Crippen MR) is 142 cm³/mol. The van der Waals surface area contributed by atoms with Gasteiger partial charge in [0.1, 0.15) is 18.1 Å². The Morgan fingerprint density at radius 1 is 0.892 bits per heavy atom. The van der Waals surface area contributed by atoms with Crippen molar-refractivity contribution < 1.29 is 29.1 Å². The van der Waals surface area contributed by atoms with E-state index in [0.29, 0.717) is 18.6 Å². The molecule has 0 bridgehead atoms. The van der Waals surface area contributed by atoms with E-state index in [1.54, 1.807) is 42.1 Å². The van der Waals surface area contributed by atoms with Crippen molar-refractivity contribution in [3.63, 3.8) is 0 Å². The smallest absolute Gasteiger partial charge is 0.326 e. The van der Waals surface area contributed by atoms with Crippen LogP contribution in [0, 0.1) is 5.92 Å². The molecule has 4 amide bonds. The van der Waals surface area contributed by atoms with E-state index in [1.807, 2.05) is 20.1 Å². The zero-order valence-electron chi connectivity index (χ0n) is 21.6. The maximum absolute atomic E-state index is 13.3. The average Bonchev–Trinajstić information content (AvgIpc) is 2.83. The third-order valence-corrected chi connectivity index (χ3v) is 6.16. The lowest BCUT2D eigenvalue weighted by atomic mass is 10.00. The van der Waals surface area contributed by atoms with Crippen molar-refractivity contribution in [2.75, 3.05) is 12.0 Å². The first kappa shape index (κ1) is 31.9. The molecule has 0 spiro atoms. The minimum absolute atomic E-state index is 0.0464. The first-order valence-corrected chi connectivity index (χ1v) is 13.5. The molecule has 4 unspecified atom stereocenters. The van der Waals surface area contributed by atoms with Crippen LogP contribution < -0.4 is 27.4 Å². The molecule has 0 saturated carbocycles. The van der Waals surface area contributed by atoms with E-state index in [0.717, 1.165) is 5.56 Å². The summed E-state index contributed by atoms with van der Waals surface area (Å²) in [5.74, 6) is -3.07. The fraction of sp³-hybridized carbons (Fsp3) is 0.560. The number of carbonyl (C=O) groups is 5. The zero-order valence-corrected chi connectivity index (χ0v) is 22.4. The third-order valence-electron chi connectivity index (χ3n) is 5.52. The highest BCUT2D eigenvalue weighted by atomic mass is 32.2. The Kier molecular flexibility index (Phi) is 14.3. The number of thioether (sulfide) groups is 1. The van der Waals surface area contributed by atoms with Crippen molar-refractivity contribution in [2.45, 2.75) is 70.1 Å². The molecule has 0 aliphatic heterocycles. The minimum atomic E-state index is -1.37. The molecule has 0 aromatic heterocycles. The van der Waals surface area contributed by atoms with Gasteiger partial charge in [0.2, 0.25) is 23.6 Å². The van der Waals surface area contributed by atoms with E-state index >= 15 is 0 Å². The van der Waals surface area contributed by atoms with Gasteiger partial charge in [0.15, 0.2) is 0 Å². The molecular formula is C25H39N5O6S. The first-order valence-electron chi connectivity index (χ1n) is 12.1. The lowest BCUT2D eigenvalue weighted by Crippen LogP contribution is -2.58. The number of carboxylic acids is 1. The van der Waals surface area contributed by atoms with Crippen LogP contribution in [0.15, 0.2) is 30.3 Å². The van der Waals surface area contributed by atoms with Gasteiger partial charge < -0.3 is 32.5 Å². The van der Waals surface area contributed by atoms with E-state index in [1.165, 1.54) is 0 Å². The molecule has 206 valence electrons. The Balaban J connectivity index is 3.09. The average molecular weight is 538 g/mol. The van der Waals surface area contributed by atoms with Gasteiger partial charge in [-0.3, -0.25) is 19.2 Å². The van der Waals surface area contributed by atoms with Gasteiger partial charge in [-0.15, -0.1) is 0 Å². The van der Waals surface area contributed by atoms with Gasteiger partial charge in [-0.05, 0) is 42.8 Å². The fourth-order valence-electron chi connectivity index (χ4n) is 3.51. The number of carbonyl (C=O) groups excluding carboxylic acids is 4. The topological polar surface area (TPSA) is 194 Å². The molecule has 11 nitrogen and oxygen atoms in total. The number of carboxylic acid groups (broad SMARTS) is 1. The fourth-order valence-corrected chi connectivity index (χ4v) is 3.99. The molecule has 0 fully saturated rings. The highest BCUT2D eigenvalue weighted by Crippen LogP contribution is 2.10. The maximum atomic E-state index is 13.3. The van der Waals surface area contributed by atoms with E-state index in [-0.39, 0.29) is 25.2 Å². The van der Waals surface area contributed by atoms with E-state index in [9.17, 15) is 29.1 Å². The van der Waals surface area contributed by atoms with Crippen LogP contribution in [0.25, 0.3) is 0 Å². The largest absolute Gasteiger partial charge is 0.480 e. The van der Waals surface area contributed by atoms with Gasteiger partial charge >= 0.3 is 5.97 Å². The highest BCUT2D eigenvalue weighted by molar-refractivity contribution is 7.98. The summed E-state index contributed by atoms with van der Waals surface area (Å²) in [4.78, 5) is 61.7. The summed E-state index contributed by atoms with van der Waals surface area (Å²) >= 11 is 1.56. The number of benzene rings is 1. The SMILES string of the molecule is CSCCC(N)C(=O)NC(CC(C)C)C(=O)NC(Cc1ccccc1)C(=O)NC(CCC(N)=O)C(=O)O. The molecule has 0 aliphatic rings. The van der Waals surface area contributed by atoms with Crippen molar-refractivity contribution in [3.05, 3.63) is 35.9 Å². The van der Waals surface area contributed by atoms with Crippen LogP contribution >= 0.6 is 11.8 Å². The van der Waals surface area contributed by atoms with Crippen LogP contribution in [-0.2, 0) is 30.4 Å². The summed E-state index contributed by atoms with van der Waals surface area (Å²) in [6, 6.07) is 4.67. The quantitative estimate of drug-likeness (QED) is 0.162. The van der Waals surface area contributed by atoms with Crippen molar-refractivity contribution in [1.29, 1.82) is 0 Å². The second-order valence-corrected chi connectivity index (χ2v) is 10.2. The van der Waals surface area contributed by atoms with Gasteiger partial charge in [0.05, 0.1) is 6.04 Å². The molecule has 1 rings (SSSR count). The van der Waals surface area contributed by atoms with Gasteiger partial charge in [0.25, 0.3) is 0 Å². The van der Waals surface area contributed by atoms with Crippen LogP contribution in [-0.4, -0.2) is 70.9 Å². The monoisotopic (exact) mass is 537 g/mol. The molecule has 1 aromatic rings. The molecule has 37 heavy (non-hydrogen) atoms. The van der Waals surface area contributed by atoms with Gasteiger partial charge in [-0.25, -0.2) is 4.79 Å².